The normalized spacial score (nSPS) is 17.8. The number of aromatic nitrogens is 4. The van der Waals surface area contributed by atoms with E-state index in [-0.39, 0.29) is 18.0 Å². The van der Waals surface area contributed by atoms with Gasteiger partial charge < -0.3 is 19.6 Å². The molecule has 0 unspecified atom stereocenters. The van der Waals surface area contributed by atoms with Crippen LogP contribution in [-0.2, 0) is 11.3 Å². The second-order valence-electron chi connectivity index (χ2n) is 8.28. The Balaban J connectivity index is 1.35. The van der Waals surface area contributed by atoms with Crippen molar-refractivity contribution in [2.24, 2.45) is 0 Å². The minimum Gasteiger partial charge on any atom is -0.354 e. The van der Waals surface area contributed by atoms with Crippen LogP contribution in [0.15, 0.2) is 23.5 Å². The molecule has 2 aliphatic heterocycles. The molecule has 0 bridgehead atoms. The zero-order chi connectivity index (χ0) is 22.0. The minimum atomic E-state index is -0.156. The summed E-state index contributed by atoms with van der Waals surface area (Å²) in [4.78, 5) is 46.8. The van der Waals surface area contributed by atoms with E-state index in [1.54, 1.807) is 25.1 Å². The number of carbonyl (C=O) groups is 1. The Hall–Kier alpha value is -3.01. The molecule has 4 rings (SSSR count). The van der Waals surface area contributed by atoms with E-state index < -0.39 is 0 Å². The summed E-state index contributed by atoms with van der Waals surface area (Å²) in [6.07, 6.45) is 3.08. The number of likely N-dealkylation sites (N-methyl/N-ethyl adjacent to an activating group) is 1. The third kappa shape index (κ3) is 4.68. The van der Waals surface area contributed by atoms with Gasteiger partial charge in [0, 0.05) is 69.7 Å². The largest absolute Gasteiger partial charge is 0.354 e. The van der Waals surface area contributed by atoms with E-state index in [2.05, 4.69) is 36.7 Å². The highest BCUT2D eigenvalue weighted by atomic mass is 16.2. The van der Waals surface area contributed by atoms with Gasteiger partial charge in [-0.15, -0.1) is 0 Å². The van der Waals surface area contributed by atoms with Gasteiger partial charge in [0.25, 0.3) is 5.56 Å². The maximum atomic E-state index is 12.7. The predicted octanol–water partition coefficient (Wildman–Crippen LogP) is -0.249. The van der Waals surface area contributed by atoms with Crippen molar-refractivity contribution in [1.82, 2.24) is 29.3 Å². The van der Waals surface area contributed by atoms with Crippen LogP contribution >= 0.6 is 0 Å². The third-order valence-electron chi connectivity index (χ3n) is 6.24. The van der Waals surface area contributed by atoms with Gasteiger partial charge in [-0.25, -0.2) is 15.0 Å². The van der Waals surface area contributed by atoms with Gasteiger partial charge in [0.05, 0.1) is 6.33 Å². The fourth-order valence-corrected chi connectivity index (χ4v) is 3.94. The second kappa shape index (κ2) is 9.01. The topological polar surface area (TPSA) is 90.7 Å². The van der Waals surface area contributed by atoms with E-state index in [0.717, 1.165) is 37.8 Å². The summed E-state index contributed by atoms with van der Waals surface area (Å²) in [5.41, 5.74) is 1.13. The minimum absolute atomic E-state index is 0.0218. The summed E-state index contributed by atoms with van der Waals surface area (Å²) >= 11 is 0. The molecule has 2 saturated heterocycles. The highest BCUT2D eigenvalue weighted by Gasteiger charge is 2.24. The van der Waals surface area contributed by atoms with Crippen molar-refractivity contribution in [1.29, 1.82) is 0 Å². The Bertz CT molecular complexity index is 991. The molecule has 0 aromatic carbocycles. The lowest BCUT2D eigenvalue weighted by atomic mass is 10.2. The van der Waals surface area contributed by atoms with Gasteiger partial charge in [-0.1, -0.05) is 0 Å². The highest BCUT2D eigenvalue weighted by molar-refractivity contribution is 5.76. The molecule has 166 valence electrons. The Labute approximate surface area is 182 Å². The van der Waals surface area contributed by atoms with Gasteiger partial charge in [-0.05, 0) is 20.9 Å². The van der Waals surface area contributed by atoms with E-state index in [1.807, 2.05) is 6.07 Å². The molecule has 10 nitrogen and oxygen atoms in total. The zero-order valence-corrected chi connectivity index (χ0v) is 18.5. The lowest BCUT2D eigenvalue weighted by Gasteiger charge is -2.36. The van der Waals surface area contributed by atoms with E-state index >= 15 is 0 Å². The highest BCUT2D eigenvalue weighted by Crippen LogP contribution is 2.20. The number of nitrogens with zero attached hydrogens (tertiary/aromatic N) is 8. The molecule has 0 spiro atoms. The zero-order valence-electron chi connectivity index (χ0n) is 18.5. The molecule has 2 aromatic rings. The molecule has 2 aliphatic rings. The quantitative estimate of drug-likeness (QED) is 0.661. The number of carbonyl (C=O) groups excluding carboxylic acids is 1. The molecule has 0 atom stereocenters. The van der Waals surface area contributed by atoms with Crippen molar-refractivity contribution >= 4 is 17.5 Å². The second-order valence-corrected chi connectivity index (χ2v) is 8.28. The van der Waals surface area contributed by atoms with Gasteiger partial charge in [0.1, 0.15) is 24.5 Å². The SMILES string of the molecule is Cc1ncn(CC(=O)N2CCN(c3cc(N4CCN(C)CC4)ncn3)CC2)c(=O)c1C. The lowest BCUT2D eigenvalue weighted by molar-refractivity contribution is -0.132. The average Bonchev–Trinajstić information content (AvgIpc) is 2.80. The van der Waals surface area contributed by atoms with Gasteiger partial charge in [-0.3, -0.25) is 14.2 Å². The summed E-state index contributed by atoms with van der Waals surface area (Å²) in [6, 6.07) is 2.04. The summed E-state index contributed by atoms with van der Waals surface area (Å²) in [7, 11) is 2.14. The summed E-state index contributed by atoms with van der Waals surface area (Å²) < 4.78 is 1.39. The van der Waals surface area contributed by atoms with Gasteiger partial charge >= 0.3 is 0 Å². The summed E-state index contributed by atoms with van der Waals surface area (Å²) in [5, 5.41) is 0. The molecule has 2 aromatic heterocycles. The van der Waals surface area contributed by atoms with Crippen molar-refractivity contribution in [2.45, 2.75) is 20.4 Å². The molecular formula is C21H30N8O2. The van der Waals surface area contributed by atoms with Crippen molar-refractivity contribution < 1.29 is 4.79 Å². The molecular weight excluding hydrogens is 396 g/mol. The predicted molar refractivity (Wildman–Crippen MR) is 119 cm³/mol. The number of anilines is 2. The van der Waals surface area contributed by atoms with Crippen LogP contribution in [0.4, 0.5) is 11.6 Å². The van der Waals surface area contributed by atoms with Crippen LogP contribution in [0, 0.1) is 13.8 Å². The van der Waals surface area contributed by atoms with Crippen molar-refractivity contribution in [3.63, 3.8) is 0 Å². The van der Waals surface area contributed by atoms with E-state index in [9.17, 15) is 9.59 Å². The molecule has 0 aliphatic carbocycles. The molecule has 0 saturated carbocycles. The van der Waals surface area contributed by atoms with Crippen LogP contribution in [0.1, 0.15) is 11.3 Å². The molecule has 0 N–H and O–H groups in total. The Kier molecular flexibility index (Phi) is 6.17. The maximum Gasteiger partial charge on any atom is 0.256 e. The standard InChI is InChI=1S/C21H30N8O2/c1-16-17(2)24-15-29(21(16)31)13-20(30)28-10-8-27(9-11-28)19-12-18(22-14-23-19)26-6-4-25(3)5-7-26/h12,14-15H,4-11,13H2,1-3H3. The van der Waals surface area contributed by atoms with Crippen LogP contribution in [0.5, 0.6) is 0 Å². The average molecular weight is 427 g/mol. The lowest BCUT2D eigenvalue weighted by Crippen LogP contribution is -2.50. The molecule has 4 heterocycles. The number of aryl methyl sites for hydroxylation is 1. The number of hydrogen-bond donors (Lipinski definition) is 0. The summed E-state index contributed by atoms with van der Waals surface area (Å²) in [6.45, 7) is 10.1. The first kappa shape index (κ1) is 21.2. The number of hydrogen-bond acceptors (Lipinski definition) is 8. The third-order valence-corrected chi connectivity index (χ3v) is 6.24. The number of piperazine rings is 2. The van der Waals surface area contributed by atoms with Crippen molar-refractivity contribution in [2.75, 3.05) is 69.2 Å². The first-order chi connectivity index (χ1) is 14.9. The Morgan fingerprint density at radius 2 is 1.48 bits per heavy atom. The van der Waals surface area contributed by atoms with E-state index in [4.69, 9.17) is 0 Å². The van der Waals surface area contributed by atoms with E-state index in [1.165, 1.54) is 10.9 Å². The summed E-state index contributed by atoms with van der Waals surface area (Å²) in [5.74, 6) is 1.79. The first-order valence-corrected chi connectivity index (χ1v) is 10.7. The monoisotopic (exact) mass is 426 g/mol. The van der Waals surface area contributed by atoms with Crippen LogP contribution in [0.3, 0.4) is 0 Å². The van der Waals surface area contributed by atoms with E-state index in [0.29, 0.717) is 37.4 Å². The molecule has 10 heteroatoms. The first-order valence-electron chi connectivity index (χ1n) is 10.7. The number of rotatable bonds is 4. The van der Waals surface area contributed by atoms with Crippen LogP contribution < -0.4 is 15.4 Å². The van der Waals surface area contributed by atoms with Gasteiger partial charge in [0.15, 0.2) is 0 Å². The molecule has 0 radical (unpaired) electrons. The Morgan fingerprint density at radius 3 is 2.10 bits per heavy atom. The van der Waals surface area contributed by atoms with Crippen molar-refractivity contribution in [3.8, 4) is 0 Å². The van der Waals surface area contributed by atoms with Crippen LogP contribution in [0.2, 0.25) is 0 Å². The van der Waals surface area contributed by atoms with Crippen molar-refractivity contribution in [3.05, 3.63) is 40.3 Å². The van der Waals surface area contributed by atoms with Gasteiger partial charge in [0.2, 0.25) is 5.91 Å². The van der Waals surface area contributed by atoms with Crippen LogP contribution in [-0.4, -0.2) is 94.6 Å². The van der Waals surface area contributed by atoms with Crippen LogP contribution in [0.25, 0.3) is 0 Å². The molecule has 1 amide bonds. The molecule has 2 fully saturated rings. The fourth-order valence-electron chi connectivity index (χ4n) is 3.94. The van der Waals surface area contributed by atoms with Gasteiger partial charge in [-0.2, -0.15) is 0 Å². The fraction of sp³-hybridized carbons (Fsp3) is 0.571. The smallest absolute Gasteiger partial charge is 0.256 e. The Morgan fingerprint density at radius 1 is 0.903 bits per heavy atom. The number of amides is 1. The maximum absolute atomic E-state index is 12.7. The molecule has 31 heavy (non-hydrogen) atoms.